The summed E-state index contributed by atoms with van der Waals surface area (Å²) in [7, 11) is 0. The van der Waals surface area contributed by atoms with E-state index in [1.807, 2.05) is 0 Å². The first-order valence-corrected chi connectivity index (χ1v) is 6.90. The minimum Gasteiger partial charge on any atom is -0.454 e. The summed E-state index contributed by atoms with van der Waals surface area (Å²) in [5, 5.41) is 0. The zero-order valence-electron chi connectivity index (χ0n) is 11.2. The van der Waals surface area contributed by atoms with Gasteiger partial charge in [0.15, 0.2) is 0 Å². The van der Waals surface area contributed by atoms with Crippen LogP contribution in [0.2, 0.25) is 0 Å². The van der Waals surface area contributed by atoms with Gasteiger partial charge in [-0.1, -0.05) is 24.3 Å². The van der Waals surface area contributed by atoms with Crippen molar-refractivity contribution < 1.29 is 9.53 Å². The van der Waals surface area contributed by atoms with Gasteiger partial charge in [0.2, 0.25) is 0 Å². The Morgan fingerprint density at radius 3 is 2.61 bits per heavy atom. The molecule has 2 rings (SSSR count). The molecule has 0 aromatic heterocycles. The predicted molar refractivity (Wildman–Crippen MR) is 73.2 cm³/mol. The van der Waals surface area contributed by atoms with E-state index in [4.69, 9.17) is 4.74 Å². The molecule has 0 N–H and O–H groups in total. The van der Waals surface area contributed by atoms with Crippen molar-refractivity contribution >= 4 is 5.97 Å². The normalized spacial score (nSPS) is 20.3. The highest BCUT2D eigenvalue weighted by Crippen LogP contribution is 2.30. The van der Waals surface area contributed by atoms with Crippen molar-refractivity contribution in [1.82, 2.24) is 0 Å². The third kappa shape index (κ3) is 3.34. The Morgan fingerprint density at radius 2 is 2.06 bits per heavy atom. The molecule has 0 radical (unpaired) electrons. The zero-order chi connectivity index (χ0) is 13.0. The summed E-state index contributed by atoms with van der Waals surface area (Å²) in [6.07, 6.45) is 12.3. The fourth-order valence-electron chi connectivity index (χ4n) is 2.63. The molecule has 18 heavy (non-hydrogen) atoms. The largest absolute Gasteiger partial charge is 0.454 e. The summed E-state index contributed by atoms with van der Waals surface area (Å²) in [6.45, 7) is 5.36. The summed E-state index contributed by atoms with van der Waals surface area (Å²) < 4.78 is 5.61. The molecule has 2 aliphatic rings. The SMILES string of the molecule is C=C(C)C(=O)OC(CC1=CCCC1)C1=CCCC1. The van der Waals surface area contributed by atoms with E-state index in [0.29, 0.717) is 5.57 Å². The highest BCUT2D eigenvalue weighted by molar-refractivity contribution is 5.87. The van der Waals surface area contributed by atoms with Crippen molar-refractivity contribution in [1.29, 1.82) is 0 Å². The van der Waals surface area contributed by atoms with Crippen LogP contribution in [0.25, 0.3) is 0 Å². The molecular formula is C16H22O2. The van der Waals surface area contributed by atoms with Crippen LogP contribution in [0.4, 0.5) is 0 Å². The van der Waals surface area contributed by atoms with Crippen molar-refractivity contribution in [3.8, 4) is 0 Å². The molecule has 0 saturated carbocycles. The van der Waals surface area contributed by atoms with Crippen LogP contribution < -0.4 is 0 Å². The van der Waals surface area contributed by atoms with Gasteiger partial charge in [0.1, 0.15) is 6.10 Å². The van der Waals surface area contributed by atoms with Crippen LogP contribution in [0.3, 0.4) is 0 Å². The fourth-order valence-corrected chi connectivity index (χ4v) is 2.63. The van der Waals surface area contributed by atoms with Crippen LogP contribution in [0, 0.1) is 0 Å². The standard InChI is InChI=1S/C16H22O2/c1-12(2)16(17)18-15(14-9-5-6-10-14)11-13-7-3-4-8-13/h7,9,15H,1,3-6,8,10-11H2,2H3. The van der Waals surface area contributed by atoms with Crippen molar-refractivity contribution in [3.63, 3.8) is 0 Å². The Kier molecular flexibility index (Phi) is 4.40. The van der Waals surface area contributed by atoms with Crippen LogP contribution in [-0.2, 0) is 9.53 Å². The molecule has 0 aromatic rings. The number of ether oxygens (including phenoxy) is 1. The van der Waals surface area contributed by atoms with Gasteiger partial charge in [-0.05, 0) is 51.0 Å². The molecule has 0 aliphatic heterocycles. The molecule has 0 amide bonds. The Hall–Kier alpha value is -1.31. The Morgan fingerprint density at radius 1 is 1.33 bits per heavy atom. The Bertz CT molecular complexity index is 397. The zero-order valence-corrected chi connectivity index (χ0v) is 11.2. The van der Waals surface area contributed by atoms with E-state index < -0.39 is 0 Å². The lowest BCUT2D eigenvalue weighted by Crippen LogP contribution is -2.21. The van der Waals surface area contributed by atoms with Crippen LogP contribution >= 0.6 is 0 Å². The minimum atomic E-state index is -0.258. The number of allylic oxidation sites excluding steroid dienone is 2. The maximum absolute atomic E-state index is 11.7. The molecule has 0 spiro atoms. The van der Waals surface area contributed by atoms with Gasteiger partial charge >= 0.3 is 5.97 Å². The number of rotatable bonds is 5. The smallest absolute Gasteiger partial charge is 0.333 e. The van der Waals surface area contributed by atoms with Crippen LogP contribution in [0.15, 0.2) is 35.5 Å². The molecule has 0 bridgehead atoms. The summed E-state index contributed by atoms with van der Waals surface area (Å²) >= 11 is 0. The van der Waals surface area contributed by atoms with E-state index in [-0.39, 0.29) is 12.1 Å². The summed E-state index contributed by atoms with van der Waals surface area (Å²) in [5.74, 6) is -0.258. The predicted octanol–water partition coefficient (Wildman–Crippen LogP) is 4.09. The lowest BCUT2D eigenvalue weighted by atomic mass is 10.0. The van der Waals surface area contributed by atoms with Gasteiger partial charge in [0.25, 0.3) is 0 Å². The van der Waals surface area contributed by atoms with E-state index in [0.717, 1.165) is 25.7 Å². The number of hydrogen-bond donors (Lipinski definition) is 0. The minimum absolute atomic E-state index is 0.0546. The van der Waals surface area contributed by atoms with Gasteiger partial charge in [0, 0.05) is 12.0 Å². The first-order chi connectivity index (χ1) is 8.66. The van der Waals surface area contributed by atoms with Crippen LogP contribution in [0.5, 0.6) is 0 Å². The highest BCUT2D eigenvalue weighted by atomic mass is 16.5. The molecule has 2 nitrogen and oxygen atoms in total. The molecule has 2 aliphatic carbocycles. The average molecular weight is 246 g/mol. The fraction of sp³-hybridized carbons (Fsp3) is 0.562. The van der Waals surface area contributed by atoms with E-state index in [9.17, 15) is 4.79 Å². The summed E-state index contributed by atoms with van der Waals surface area (Å²) in [6, 6.07) is 0. The van der Waals surface area contributed by atoms with Gasteiger partial charge < -0.3 is 4.74 Å². The van der Waals surface area contributed by atoms with Gasteiger partial charge in [-0.2, -0.15) is 0 Å². The van der Waals surface area contributed by atoms with Gasteiger partial charge in [0.05, 0.1) is 0 Å². The topological polar surface area (TPSA) is 26.3 Å². The molecule has 1 atom stereocenters. The first kappa shape index (κ1) is 13.1. The van der Waals surface area contributed by atoms with Crippen molar-refractivity contribution in [2.75, 3.05) is 0 Å². The van der Waals surface area contributed by atoms with Gasteiger partial charge in [-0.25, -0.2) is 4.79 Å². The van der Waals surface area contributed by atoms with Crippen molar-refractivity contribution in [2.45, 2.75) is 58.0 Å². The number of hydrogen-bond acceptors (Lipinski definition) is 2. The van der Waals surface area contributed by atoms with Crippen molar-refractivity contribution in [3.05, 3.63) is 35.5 Å². The first-order valence-electron chi connectivity index (χ1n) is 6.90. The average Bonchev–Trinajstić information content (AvgIpc) is 3.00. The molecular weight excluding hydrogens is 224 g/mol. The van der Waals surface area contributed by atoms with Crippen LogP contribution in [0.1, 0.15) is 51.9 Å². The Balaban J connectivity index is 2.02. The third-order valence-electron chi connectivity index (χ3n) is 3.67. The molecule has 0 aromatic carbocycles. The molecule has 2 heteroatoms. The second kappa shape index (κ2) is 6.03. The summed E-state index contributed by atoms with van der Waals surface area (Å²) in [4.78, 5) is 11.7. The van der Waals surface area contributed by atoms with E-state index in [1.54, 1.807) is 6.92 Å². The molecule has 1 unspecified atom stereocenters. The molecule has 0 heterocycles. The van der Waals surface area contributed by atoms with E-state index in [2.05, 4.69) is 18.7 Å². The Labute approximate surface area is 109 Å². The van der Waals surface area contributed by atoms with Gasteiger partial charge in [-0.3, -0.25) is 0 Å². The molecule has 0 saturated heterocycles. The number of esters is 1. The lowest BCUT2D eigenvalue weighted by molar-refractivity contribution is -0.142. The summed E-state index contributed by atoms with van der Waals surface area (Å²) in [5.41, 5.74) is 3.23. The molecule has 0 fully saturated rings. The van der Waals surface area contributed by atoms with E-state index >= 15 is 0 Å². The third-order valence-corrected chi connectivity index (χ3v) is 3.67. The molecule has 98 valence electrons. The van der Waals surface area contributed by atoms with Crippen LogP contribution in [-0.4, -0.2) is 12.1 Å². The quantitative estimate of drug-likeness (QED) is 0.415. The number of carbonyl (C=O) groups is 1. The number of carbonyl (C=O) groups excluding carboxylic acids is 1. The second-order valence-electron chi connectivity index (χ2n) is 5.30. The maximum atomic E-state index is 11.7. The maximum Gasteiger partial charge on any atom is 0.333 e. The lowest BCUT2D eigenvalue weighted by Gasteiger charge is -2.20. The van der Waals surface area contributed by atoms with Crippen molar-refractivity contribution in [2.24, 2.45) is 0 Å². The monoisotopic (exact) mass is 246 g/mol. The van der Waals surface area contributed by atoms with Gasteiger partial charge in [-0.15, -0.1) is 0 Å². The highest BCUT2D eigenvalue weighted by Gasteiger charge is 2.23. The second-order valence-corrected chi connectivity index (χ2v) is 5.30. The van der Waals surface area contributed by atoms with E-state index in [1.165, 1.54) is 30.4 Å².